The van der Waals surface area contributed by atoms with Gasteiger partial charge in [0.1, 0.15) is 11.9 Å². The molecule has 1 aliphatic heterocycles. The van der Waals surface area contributed by atoms with Gasteiger partial charge in [0.05, 0.1) is 16.6 Å². The molecule has 1 aliphatic rings. The number of benzene rings is 2. The Bertz CT molecular complexity index is 935. The second-order valence-electron chi connectivity index (χ2n) is 5.97. The Hall–Kier alpha value is -3.06. The van der Waals surface area contributed by atoms with Crippen molar-refractivity contribution < 1.29 is 19.4 Å². The van der Waals surface area contributed by atoms with Crippen LogP contribution in [-0.2, 0) is 9.59 Å². The molecule has 7 heteroatoms. The molecule has 0 radical (unpaired) electrons. The lowest BCUT2D eigenvalue weighted by Gasteiger charge is -2.15. The molecular formula is C20H17N2O4S-. The van der Waals surface area contributed by atoms with E-state index in [0.29, 0.717) is 15.8 Å². The summed E-state index contributed by atoms with van der Waals surface area (Å²) in [5, 5.41) is 14.0. The lowest BCUT2D eigenvalue weighted by Crippen LogP contribution is -2.37. The maximum atomic E-state index is 12.2. The van der Waals surface area contributed by atoms with E-state index in [1.54, 1.807) is 30.3 Å². The number of amides is 1. The van der Waals surface area contributed by atoms with Crippen molar-refractivity contribution in [1.29, 1.82) is 0 Å². The van der Waals surface area contributed by atoms with Crippen LogP contribution in [0.2, 0.25) is 0 Å². The molecule has 1 heterocycles. The number of carbonyl (C=O) groups excluding carboxylic acids is 2. The van der Waals surface area contributed by atoms with Crippen LogP contribution in [0.25, 0.3) is 6.08 Å². The molecule has 0 bridgehead atoms. The molecule has 1 saturated heterocycles. The van der Waals surface area contributed by atoms with Crippen molar-refractivity contribution in [1.82, 2.24) is 5.32 Å². The summed E-state index contributed by atoms with van der Waals surface area (Å²) in [6, 6.07) is 14.5. The van der Waals surface area contributed by atoms with E-state index in [1.807, 2.05) is 31.2 Å². The van der Waals surface area contributed by atoms with Crippen molar-refractivity contribution >= 4 is 40.6 Å². The highest BCUT2D eigenvalue weighted by atomic mass is 32.2. The summed E-state index contributed by atoms with van der Waals surface area (Å²) < 4.78 is 5.23. The zero-order chi connectivity index (χ0) is 19.4. The van der Waals surface area contributed by atoms with Crippen molar-refractivity contribution in [2.75, 3.05) is 0 Å². The lowest BCUT2D eigenvalue weighted by molar-refractivity contribution is -0.312. The van der Waals surface area contributed by atoms with Gasteiger partial charge in [-0.15, -0.1) is 0 Å². The minimum atomic E-state index is -1.28. The number of hydrogen-bond acceptors (Lipinski definition) is 6. The van der Waals surface area contributed by atoms with E-state index in [9.17, 15) is 14.7 Å². The lowest BCUT2D eigenvalue weighted by atomic mass is 10.2. The number of carbonyl (C=O) groups is 2. The molecule has 1 amide bonds. The maximum Gasteiger partial charge on any atom is 0.264 e. The number of carboxylic acid groups (broad SMARTS) is 1. The molecule has 0 aliphatic carbocycles. The molecule has 2 aromatic rings. The Kier molecular flexibility index (Phi) is 5.61. The van der Waals surface area contributed by atoms with Crippen LogP contribution in [0.5, 0.6) is 5.75 Å². The molecule has 0 aromatic heterocycles. The number of amidine groups is 1. The van der Waals surface area contributed by atoms with Gasteiger partial charge in [-0.3, -0.25) is 4.79 Å². The predicted molar refractivity (Wildman–Crippen MR) is 104 cm³/mol. The SMILES string of the molecule is Cc1cccc(N=C2NC(=O)/C(=C/c3ccc(O[C@H](C)C(=O)[O-])cc3)S2)c1. The first-order valence-corrected chi connectivity index (χ1v) is 9.06. The van der Waals surface area contributed by atoms with Gasteiger partial charge in [-0.05, 0) is 67.1 Å². The first kappa shape index (κ1) is 18.7. The van der Waals surface area contributed by atoms with Crippen molar-refractivity contribution in [2.45, 2.75) is 20.0 Å². The Balaban J connectivity index is 1.72. The van der Waals surface area contributed by atoms with Gasteiger partial charge < -0.3 is 20.0 Å². The van der Waals surface area contributed by atoms with Crippen molar-refractivity contribution in [3.8, 4) is 5.75 Å². The van der Waals surface area contributed by atoms with E-state index in [2.05, 4.69) is 10.3 Å². The number of nitrogens with one attached hydrogen (secondary N) is 1. The minimum Gasteiger partial charge on any atom is -0.546 e. The summed E-state index contributed by atoms with van der Waals surface area (Å²) >= 11 is 1.27. The van der Waals surface area contributed by atoms with Gasteiger partial charge in [0.15, 0.2) is 5.17 Å². The summed E-state index contributed by atoms with van der Waals surface area (Å²) in [5.41, 5.74) is 2.66. The minimum absolute atomic E-state index is 0.211. The number of rotatable bonds is 5. The number of thioether (sulfide) groups is 1. The van der Waals surface area contributed by atoms with Crippen LogP contribution in [0.1, 0.15) is 18.1 Å². The van der Waals surface area contributed by atoms with Gasteiger partial charge in [0.25, 0.3) is 5.91 Å². The molecule has 1 N–H and O–H groups in total. The van der Waals surface area contributed by atoms with E-state index in [1.165, 1.54) is 18.7 Å². The summed E-state index contributed by atoms with van der Waals surface area (Å²) in [4.78, 5) is 27.8. The first-order valence-electron chi connectivity index (χ1n) is 8.24. The quantitative estimate of drug-likeness (QED) is 0.803. The second-order valence-corrected chi connectivity index (χ2v) is 7.00. The molecule has 1 fully saturated rings. The number of hydrogen-bond donors (Lipinski definition) is 1. The highest BCUT2D eigenvalue weighted by Gasteiger charge is 2.23. The fourth-order valence-electron chi connectivity index (χ4n) is 2.34. The third-order valence-corrected chi connectivity index (χ3v) is 4.62. The first-order chi connectivity index (χ1) is 12.9. The van der Waals surface area contributed by atoms with Crippen LogP contribution in [0.4, 0.5) is 5.69 Å². The van der Waals surface area contributed by atoms with Crippen LogP contribution in [-0.4, -0.2) is 23.1 Å². The summed E-state index contributed by atoms with van der Waals surface area (Å²) in [7, 11) is 0. The molecule has 6 nitrogen and oxygen atoms in total. The second kappa shape index (κ2) is 8.09. The molecule has 2 aromatic carbocycles. The van der Waals surface area contributed by atoms with Crippen molar-refractivity contribution in [3.63, 3.8) is 0 Å². The standard InChI is InChI=1S/C20H18N2O4S/c1-12-4-3-5-15(10-12)21-20-22-18(23)17(27-20)11-14-6-8-16(9-7-14)26-13(2)19(24)25/h3-11,13H,1-2H3,(H,24,25)(H,21,22,23)/p-1/b17-11-/t13-/m1/s1. The van der Waals surface area contributed by atoms with Gasteiger partial charge in [0.2, 0.25) is 0 Å². The van der Waals surface area contributed by atoms with Gasteiger partial charge in [-0.25, -0.2) is 4.99 Å². The summed E-state index contributed by atoms with van der Waals surface area (Å²) in [6.45, 7) is 3.39. The van der Waals surface area contributed by atoms with Gasteiger partial charge in [-0.2, -0.15) is 0 Å². The number of carboxylic acids is 1. The fourth-order valence-corrected chi connectivity index (χ4v) is 3.18. The Labute approximate surface area is 161 Å². The number of nitrogens with zero attached hydrogens (tertiary/aromatic N) is 1. The normalized spacial score (nSPS) is 17.8. The average molecular weight is 381 g/mol. The molecule has 27 heavy (non-hydrogen) atoms. The Morgan fingerprint density at radius 2 is 2.00 bits per heavy atom. The van der Waals surface area contributed by atoms with Crippen LogP contribution < -0.4 is 15.2 Å². The van der Waals surface area contributed by atoms with Gasteiger partial charge in [0, 0.05) is 0 Å². The van der Waals surface area contributed by atoms with Crippen LogP contribution in [0.15, 0.2) is 58.4 Å². The molecule has 1 atom stereocenters. The number of ether oxygens (including phenoxy) is 1. The van der Waals surface area contributed by atoms with E-state index in [0.717, 1.165) is 16.8 Å². The largest absolute Gasteiger partial charge is 0.546 e. The average Bonchev–Trinajstić information content (AvgIpc) is 2.95. The van der Waals surface area contributed by atoms with E-state index >= 15 is 0 Å². The van der Waals surface area contributed by atoms with Crippen LogP contribution in [0, 0.1) is 6.92 Å². The monoisotopic (exact) mass is 381 g/mol. The van der Waals surface area contributed by atoms with Crippen molar-refractivity contribution in [2.24, 2.45) is 4.99 Å². The summed E-state index contributed by atoms with van der Waals surface area (Å²) in [6.07, 6.45) is 0.704. The van der Waals surface area contributed by atoms with Gasteiger partial charge >= 0.3 is 0 Å². The molecule has 3 rings (SSSR count). The Morgan fingerprint density at radius 1 is 1.26 bits per heavy atom. The fraction of sp³-hybridized carbons (Fsp3) is 0.150. The number of aryl methyl sites for hydroxylation is 1. The van der Waals surface area contributed by atoms with Crippen LogP contribution in [0.3, 0.4) is 0 Å². The number of aliphatic carboxylic acids is 1. The van der Waals surface area contributed by atoms with E-state index in [-0.39, 0.29) is 5.91 Å². The highest BCUT2D eigenvalue weighted by Crippen LogP contribution is 2.28. The molecule has 0 unspecified atom stereocenters. The summed E-state index contributed by atoms with van der Waals surface area (Å²) in [5.74, 6) is -1.07. The highest BCUT2D eigenvalue weighted by molar-refractivity contribution is 8.18. The zero-order valence-electron chi connectivity index (χ0n) is 14.8. The molecule has 0 spiro atoms. The smallest absolute Gasteiger partial charge is 0.264 e. The Morgan fingerprint density at radius 3 is 2.67 bits per heavy atom. The molecule has 0 saturated carbocycles. The van der Waals surface area contributed by atoms with Crippen molar-refractivity contribution in [3.05, 3.63) is 64.6 Å². The third-order valence-electron chi connectivity index (χ3n) is 3.71. The zero-order valence-corrected chi connectivity index (χ0v) is 15.6. The van der Waals surface area contributed by atoms with E-state index in [4.69, 9.17) is 4.74 Å². The van der Waals surface area contributed by atoms with Crippen LogP contribution >= 0.6 is 11.8 Å². The topological polar surface area (TPSA) is 90.8 Å². The number of aliphatic imine (C=N–C) groups is 1. The third kappa shape index (κ3) is 4.98. The molecular weight excluding hydrogens is 364 g/mol. The predicted octanol–water partition coefficient (Wildman–Crippen LogP) is 2.40. The maximum absolute atomic E-state index is 12.2. The van der Waals surface area contributed by atoms with Gasteiger partial charge in [-0.1, -0.05) is 24.3 Å². The molecule has 138 valence electrons. The van der Waals surface area contributed by atoms with E-state index < -0.39 is 12.1 Å².